The van der Waals surface area contributed by atoms with Gasteiger partial charge in [-0.3, -0.25) is 9.78 Å². The molecule has 0 aliphatic carbocycles. The molecule has 2 saturated heterocycles. The van der Waals surface area contributed by atoms with Gasteiger partial charge in [0.05, 0.1) is 30.0 Å². The maximum absolute atomic E-state index is 13.1. The molecule has 2 fully saturated rings. The number of likely N-dealkylation sites (N-methyl/N-ethyl adjacent to an activating group) is 1. The Kier molecular flexibility index (Phi) is 4.67. The van der Waals surface area contributed by atoms with Crippen LogP contribution in [0.1, 0.15) is 28.9 Å². The molecule has 138 valence electrons. The van der Waals surface area contributed by atoms with E-state index in [4.69, 9.17) is 4.74 Å². The number of ether oxygens (including phenoxy) is 1. The summed E-state index contributed by atoms with van der Waals surface area (Å²) in [4.78, 5) is 21.2. The van der Waals surface area contributed by atoms with E-state index in [0.29, 0.717) is 24.6 Å². The maximum atomic E-state index is 13.1. The fourth-order valence-electron chi connectivity index (χ4n) is 3.90. The first kappa shape index (κ1) is 17.4. The Morgan fingerprint density at radius 3 is 2.73 bits per heavy atom. The molecule has 26 heavy (non-hydrogen) atoms. The zero-order valence-corrected chi connectivity index (χ0v) is 15.5. The molecule has 7 heteroatoms. The van der Waals surface area contributed by atoms with Crippen LogP contribution in [0.3, 0.4) is 0 Å². The molecule has 1 spiro atoms. The number of hydrogen-bond acceptors (Lipinski definition) is 5. The zero-order chi connectivity index (χ0) is 18.1. The van der Waals surface area contributed by atoms with Crippen molar-refractivity contribution in [2.24, 2.45) is 0 Å². The largest absolute Gasteiger partial charge is 0.373 e. The average Bonchev–Trinajstić information content (AvgIpc) is 3.33. The van der Waals surface area contributed by atoms with Gasteiger partial charge < -0.3 is 14.5 Å². The summed E-state index contributed by atoms with van der Waals surface area (Å²) in [5.74, 6) is -0.153. The van der Waals surface area contributed by atoms with Gasteiger partial charge in [0.1, 0.15) is 10.7 Å². The average molecular weight is 375 g/mol. The second kappa shape index (κ2) is 6.96. The second-order valence-electron chi connectivity index (χ2n) is 7.10. The number of aromatic nitrogens is 1. The second-order valence-corrected chi connectivity index (χ2v) is 7.98. The van der Waals surface area contributed by atoms with Crippen molar-refractivity contribution in [1.82, 2.24) is 9.88 Å². The van der Waals surface area contributed by atoms with E-state index in [2.05, 4.69) is 9.88 Å². The van der Waals surface area contributed by atoms with Crippen LogP contribution in [0.25, 0.3) is 0 Å². The number of nitrogens with zero attached hydrogens (tertiary/aromatic N) is 3. The van der Waals surface area contributed by atoms with E-state index < -0.39 is 0 Å². The number of carbonyl (C=O) groups is 1. The first-order chi connectivity index (χ1) is 12.6. The molecular formula is C19H22FN3O2S. The summed E-state index contributed by atoms with van der Waals surface area (Å²) in [5, 5.41) is 0. The summed E-state index contributed by atoms with van der Waals surface area (Å²) in [6.45, 7) is 2.09. The third-order valence-corrected chi connectivity index (χ3v) is 6.34. The molecule has 2 aromatic rings. The van der Waals surface area contributed by atoms with Gasteiger partial charge in [0.2, 0.25) is 0 Å². The van der Waals surface area contributed by atoms with Crippen molar-refractivity contribution < 1.29 is 13.9 Å². The van der Waals surface area contributed by atoms with Crippen molar-refractivity contribution in [2.45, 2.75) is 30.9 Å². The monoisotopic (exact) mass is 375 g/mol. The molecule has 0 radical (unpaired) electrons. The predicted molar refractivity (Wildman–Crippen MR) is 99.1 cm³/mol. The quantitative estimate of drug-likeness (QED) is 0.827. The number of piperidine rings is 1. The van der Waals surface area contributed by atoms with Crippen LogP contribution >= 0.6 is 11.3 Å². The minimum Gasteiger partial charge on any atom is -0.373 e. The molecule has 0 N–H and O–H groups in total. The van der Waals surface area contributed by atoms with E-state index in [9.17, 15) is 9.18 Å². The number of amides is 1. The molecule has 1 aromatic heterocycles. The first-order valence-corrected chi connectivity index (χ1v) is 9.74. The fraction of sp³-hybridized carbons (Fsp3) is 0.474. The highest BCUT2D eigenvalue weighted by Gasteiger charge is 2.44. The van der Waals surface area contributed by atoms with Crippen molar-refractivity contribution in [1.29, 1.82) is 0 Å². The van der Waals surface area contributed by atoms with Crippen molar-refractivity contribution in [3.8, 4) is 0 Å². The van der Waals surface area contributed by atoms with E-state index in [0.717, 1.165) is 24.9 Å². The fourth-order valence-corrected chi connectivity index (χ4v) is 4.49. The molecule has 4 rings (SSSR count). The highest BCUT2D eigenvalue weighted by atomic mass is 32.1. The number of thiazole rings is 1. The molecule has 3 heterocycles. The summed E-state index contributed by atoms with van der Waals surface area (Å²) in [7, 11) is 2.03. The zero-order valence-electron chi connectivity index (χ0n) is 14.7. The third-order valence-electron chi connectivity index (χ3n) is 5.58. The van der Waals surface area contributed by atoms with Crippen LogP contribution in [0.15, 0.2) is 36.0 Å². The summed E-state index contributed by atoms with van der Waals surface area (Å²) in [6.07, 6.45) is 4.27. The summed E-state index contributed by atoms with van der Waals surface area (Å²) >= 11 is 1.38. The van der Waals surface area contributed by atoms with Crippen molar-refractivity contribution in [3.63, 3.8) is 0 Å². The number of rotatable bonds is 3. The normalized spacial score (nSPS) is 21.9. The van der Waals surface area contributed by atoms with Gasteiger partial charge in [-0.2, -0.15) is 0 Å². The lowest BCUT2D eigenvalue weighted by Crippen LogP contribution is -2.46. The first-order valence-electron chi connectivity index (χ1n) is 8.86. The molecule has 1 amide bonds. The number of benzene rings is 1. The molecule has 1 unspecified atom stereocenters. The standard InChI is InChI=1S/C19H22FN3O2S/c1-22(15-4-2-14(20)3-5-15)16-10-19(25-12-16)6-8-23(9-7-19)18(24)17-11-21-13-26-17/h2-5,11,13,16H,6-10,12H2,1H3. The smallest absolute Gasteiger partial charge is 0.265 e. The predicted octanol–water partition coefficient (Wildman–Crippen LogP) is 3.18. The Bertz CT molecular complexity index is 758. The van der Waals surface area contributed by atoms with E-state index in [1.165, 1.54) is 23.5 Å². The van der Waals surface area contributed by atoms with Crippen LogP contribution < -0.4 is 4.90 Å². The Balaban J connectivity index is 1.36. The number of hydrogen-bond donors (Lipinski definition) is 0. The summed E-state index contributed by atoms with van der Waals surface area (Å²) < 4.78 is 19.4. The highest BCUT2D eigenvalue weighted by molar-refractivity contribution is 7.11. The molecule has 1 atom stereocenters. The van der Waals surface area contributed by atoms with Gasteiger partial charge in [-0.25, -0.2) is 4.39 Å². The minimum atomic E-state index is -0.223. The van der Waals surface area contributed by atoms with E-state index in [1.54, 1.807) is 23.8 Å². The number of likely N-dealkylation sites (tertiary alicyclic amines) is 1. The summed E-state index contributed by atoms with van der Waals surface area (Å²) in [6, 6.07) is 6.85. The van der Waals surface area contributed by atoms with E-state index in [-0.39, 0.29) is 23.4 Å². The van der Waals surface area contributed by atoms with Gasteiger partial charge in [0, 0.05) is 25.8 Å². The maximum Gasteiger partial charge on any atom is 0.265 e. The van der Waals surface area contributed by atoms with Gasteiger partial charge in [-0.15, -0.1) is 11.3 Å². The van der Waals surface area contributed by atoms with Crippen molar-refractivity contribution >= 4 is 22.9 Å². The highest BCUT2D eigenvalue weighted by Crippen LogP contribution is 2.38. The lowest BCUT2D eigenvalue weighted by Gasteiger charge is -2.38. The molecule has 1 aromatic carbocycles. The topological polar surface area (TPSA) is 45.7 Å². The Hall–Kier alpha value is -1.99. The molecule has 2 aliphatic rings. The van der Waals surface area contributed by atoms with Crippen LogP contribution in [0.5, 0.6) is 0 Å². The van der Waals surface area contributed by atoms with E-state index >= 15 is 0 Å². The Morgan fingerprint density at radius 2 is 2.08 bits per heavy atom. The Labute approximate surface area is 156 Å². The van der Waals surface area contributed by atoms with Gasteiger partial charge in [-0.05, 0) is 43.5 Å². The number of anilines is 1. The van der Waals surface area contributed by atoms with Gasteiger partial charge in [0.25, 0.3) is 5.91 Å². The van der Waals surface area contributed by atoms with Gasteiger partial charge in [-0.1, -0.05) is 0 Å². The van der Waals surface area contributed by atoms with Gasteiger partial charge in [0.15, 0.2) is 0 Å². The number of carbonyl (C=O) groups excluding carboxylic acids is 1. The van der Waals surface area contributed by atoms with Crippen molar-refractivity contribution in [3.05, 3.63) is 46.7 Å². The molecule has 0 bridgehead atoms. The lowest BCUT2D eigenvalue weighted by atomic mass is 9.87. The van der Waals surface area contributed by atoms with Crippen LogP contribution in [-0.2, 0) is 4.74 Å². The van der Waals surface area contributed by atoms with Gasteiger partial charge >= 0.3 is 0 Å². The molecule has 5 nitrogen and oxygen atoms in total. The van der Waals surface area contributed by atoms with Crippen LogP contribution in [0.4, 0.5) is 10.1 Å². The molecule has 0 saturated carbocycles. The summed E-state index contributed by atoms with van der Waals surface area (Å²) in [5.41, 5.74) is 2.53. The SMILES string of the molecule is CN(c1ccc(F)cc1)C1COC2(CCN(C(=O)c3cncs3)CC2)C1. The Morgan fingerprint density at radius 1 is 1.35 bits per heavy atom. The molecular weight excluding hydrogens is 353 g/mol. The third kappa shape index (κ3) is 3.33. The van der Waals surface area contributed by atoms with Crippen LogP contribution in [0.2, 0.25) is 0 Å². The van der Waals surface area contributed by atoms with Crippen LogP contribution in [0, 0.1) is 5.82 Å². The minimum absolute atomic E-state index is 0.0697. The number of halogens is 1. The van der Waals surface area contributed by atoms with Crippen LogP contribution in [-0.4, -0.2) is 54.2 Å². The molecule has 2 aliphatic heterocycles. The lowest BCUT2D eigenvalue weighted by molar-refractivity contribution is -0.0387. The van der Waals surface area contributed by atoms with Crippen molar-refractivity contribution in [2.75, 3.05) is 31.6 Å². The van der Waals surface area contributed by atoms with E-state index in [1.807, 2.05) is 11.9 Å².